The molecule has 1 N–H and O–H groups in total. The number of nitrogens with one attached hydrogen (secondary N) is 1. The maximum atomic E-state index is 13.1. The number of H-pyrrole nitrogens is 1. The number of carbonyl (C=O) groups is 2. The summed E-state index contributed by atoms with van der Waals surface area (Å²) in [6.07, 6.45) is 5.38. The average molecular weight is 376 g/mol. The molecule has 8 heteroatoms. The van der Waals surface area contributed by atoms with Crippen molar-refractivity contribution in [2.75, 3.05) is 39.5 Å². The second kappa shape index (κ2) is 7.59. The van der Waals surface area contributed by atoms with Gasteiger partial charge in [-0.05, 0) is 19.3 Å². The van der Waals surface area contributed by atoms with Gasteiger partial charge in [0.15, 0.2) is 0 Å². The number of ether oxygens (including phenoxy) is 2. The molecule has 2 saturated heterocycles. The first kappa shape index (κ1) is 18.4. The molecule has 4 rings (SSSR count). The van der Waals surface area contributed by atoms with Crippen LogP contribution in [0.2, 0.25) is 0 Å². The second-order valence-corrected chi connectivity index (χ2v) is 7.67. The minimum Gasteiger partial charge on any atom is -0.379 e. The number of aromatic nitrogens is 2. The molecule has 0 bridgehead atoms. The van der Waals surface area contributed by atoms with Crippen molar-refractivity contribution >= 4 is 11.8 Å². The predicted molar refractivity (Wildman–Crippen MR) is 97.0 cm³/mol. The molecule has 1 spiro atoms. The molecular formula is C19H28N4O4. The summed E-state index contributed by atoms with van der Waals surface area (Å²) in [6.45, 7) is 5.11. The van der Waals surface area contributed by atoms with Gasteiger partial charge in [0.1, 0.15) is 12.1 Å². The van der Waals surface area contributed by atoms with Crippen LogP contribution in [0.25, 0.3) is 0 Å². The van der Waals surface area contributed by atoms with E-state index in [4.69, 9.17) is 9.47 Å². The Hall–Kier alpha value is -1.93. The third kappa shape index (κ3) is 3.36. The fourth-order valence-electron chi connectivity index (χ4n) is 4.55. The molecule has 3 aliphatic heterocycles. The van der Waals surface area contributed by atoms with Crippen LogP contribution in [-0.2, 0) is 31.0 Å². The predicted octanol–water partition coefficient (Wildman–Crippen LogP) is 0.828. The molecule has 4 heterocycles. The van der Waals surface area contributed by atoms with E-state index in [1.54, 1.807) is 6.33 Å². The maximum absolute atomic E-state index is 13.1. The number of fused-ring (bicyclic) bond motifs is 2. The van der Waals surface area contributed by atoms with Crippen molar-refractivity contribution in [2.45, 2.75) is 50.7 Å². The first-order valence-corrected chi connectivity index (χ1v) is 9.94. The third-order valence-corrected chi connectivity index (χ3v) is 5.96. The van der Waals surface area contributed by atoms with E-state index in [9.17, 15) is 9.59 Å². The van der Waals surface area contributed by atoms with Crippen molar-refractivity contribution < 1.29 is 19.1 Å². The van der Waals surface area contributed by atoms with Gasteiger partial charge < -0.3 is 24.3 Å². The number of rotatable bonds is 5. The minimum absolute atomic E-state index is 0.00171. The normalized spacial score (nSPS) is 27.4. The Morgan fingerprint density at radius 2 is 2.30 bits per heavy atom. The van der Waals surface area contributed by atoms with E-state index in [0.717, 1.165) is 37.1 Å². The molecule has 8 nitrogen and oxygen atoms in total. The molecule has 0 saturated carbocycles. The molecule has 2 fully saturated rings. The number of aromatic amines is 1. The third-order valence-electron chi connectivity index (χ3n) is 5.96. The van der Waals surface area contributed by atoms with Gasteiger partial charge in [-0.1, -0.05) is 6.92 Å². The van der Waals surface area contributed by atoms with Crippen LogP contribution in [-0.4, -0.2) is 77.1 Å². The number of amides is 2. The lowest BCUT2D eigenvalue weighted by molar-refractivity contribution is -0.146. The SMILES string of the molecule is CCCC(=O)N1CCC2(C1)c1nc[nH]c1CCN2C(=O)COC1CCOC1. The van der Waals surface area contributed by atoms with Crippen LogP contribution in [0.3, 0.4) is 0 Å². The van der Waals surface area contributed by atoms with Gasteiger partial charge in [-0.2, -0.15) is 0 Å². The topological polar surface area (TPSA) is 87.8 Å². The molecule has 0 radical (unpaired) electrons. The van der Waals surface area contributed by atoms with E-state index >= 15 is 0 Å². The van der Waals surface area contributed by atoms with Crippen molar-refractivity contribution in [3.8, 4) is 0 Å². The number of likely N-dealkylation sites (tertiary alicyclic amines) is 1. The monoisotopic (exact) mass is 376 g/mol. The lowest BCUT2D eigenvalue weighted by Gasteiger charge is -2.43. The van der Waals surface area contributed by atoms with Crippen molar-refractivity contribution in [1.82, 2.24) is 19.8 Å². The quantitative estimate of drug-likeness (QED) is 0.822. The van der Waals surface area contributed by atoms with Crippen LogP contribution in [0.4, 0.5) is 0 Å². The molecule has 27 heavy (non-hydrogen) atoms. The first-order valence-electron chi connectivity index (χ1n) is 9.94. The fourth-order valence-corrected chi connectivity index (χ4v) is 4.55. The van der Waals surface area contributed by atoms with Gasteiger partial charge in [0, 0.05) is 44.8 Å². The Bertz CT molecular complexity index is 700. The average Bonchev–Trinajstić information content (AvgIpc) is 3.41. The summed E-state index contributed by atoms with van der Waals surface area (Å²) in [5.74, 6) is 0.129. The number of nitrogens with zero attached hydrogens (tertiary/aromatic N) is 3. The first-order chi connectivity index (χ1) is 13.1. The van der Waals surface area contributed by atoms with E-state index < -0.39 is 5.54 Å². The van der Waals surface area contributed by atoms with Crippen molar-refractivity contribution in [3.63, 3.8) is 0 Å². The number of hydrogen-bond donors (Lipinski definition) is 1. The molecule has 1 aromatic rings. The summed E-state index contributed by atoms with van der Waals surface area (Å²) >= 11 is 0. The zero-order valence-corrected chi connectivity index (χ0v) is 15.9. The van der Waals surface area contributed by atoms with Gasteiger partial charge in [0.2, 0.25) is 11.8 Å². The summed E-state index contributed by atoms with van der Waals surface area (Å²) in [5, 5.41) is 0. The summed E-state index contributed by atoms with van der Waals surface area (Å²) in [6, 6.07) is 0. The zero-order valence-electron chi connectivity index (χ0n) is 15.9. The van der Waals surface area contributed by atoms with E-state index in [1.165, 1.54) is 0 Å². The van der Waals surface area contributed by atoms with E-state index in [1.807, 2.05) is 16.7 Å². The highest BCUT2D eigenvalue weighted by Gasteiger charge is 2.51. The van der Waals surface area contributed by atoms with Gasteiger partial charge in [-0.25, -0.2) is 4.98 Å². The zero-order chi connectivity index (χ0) is 18.9. The van der Waals surface area contributed by atoms with Crippen LogP contribution >= 0.6 is 0 Å². The number of imidazole rings is 1. The van der Waals surface area contributed by atoms with Crippen molar-refractivity contribution in [1.29, 1.82) is 0 Å². The molecule has 0 aromatic carbocycles. The molecule has 2 atom stereocenters. The van der Waals surface area contributed by atoms with Gasteiger partial charge in [-0.15, -0.1) is 0 Å². The maximum Gasteiger partial charge on any atom is 0.249 e. The minimum atomic E-state index is -0.538. The molecule has 2 amide bonds. The highest BCUT2D eigenvalue weighted by molar-refractivity contribution is 5.80. The molecular weight excluding hydrogens is 348 g/mol. The van der Waals surface area contributed by atoms with Gasteiger partial charge >= 0.3 is 0 Å². The Morgan fingerprint density at radius 3 is 3.07 bits per heavy atom. The lowest BCUT2D eigenvalue weighted by Crippen LogP contribution is -2.56. The van der Waals surface area contributed by atoms with Crippen LogP contribution < -0.4 is 0 Å². The Balaban J connectivity index is 1.53. The summed E-state index contributed by atoms with van der Waals surface area (Å²) in [5.41, 5.74) is 1.45. The van der Waals surface area contributed by atoms with E-state index in [2.05, 4.69) is 9.97 Å². The highest BCUT2D eigenvalue weighted by atomic mass is 16.5. The largest absolute Gasteiger partial charge is 0.379 e. The second-order valence-electron chi connectivity index (χ2n) is 7.67. The Labute approximate surface area is 159 Å². The molecule has 3 aliphatic rings. The Morgan fingerprint density at radius 1 is 1.41 bits per heavy atom. The number of hydrogen-bond acceptors (Lipinski definition) is 5. The van der Waals surface area contributed by atoms with Crippen LogP contribution in [0.15, 0.2) is 6.33 Å². The van der Waals surface area contributed by atoms with Crippen molar-refractivity contribution in [3.05, 3.63) is 17.7 Å². The van der Waals surface area contributed by atoms with Gasteiger partial charge in [-0.3, -0.25) is 9.59 Å². The van der Waals surface area contributed by atoms with E-state index in [0.29, 0.717) is 39.3 Å². The smallest absolute Gasteiger partial charge is 0.249 e. The van der Waals surface area contributed by atoms with Crippen LogP contribution in [0.1, 0.15) is 44.0 Å². The summed E-state index contributed by atoms with van der Waals surface area (Å²) in [7, 11) is 0. The number of carbonyl (C=O) groups excluding carboxylic acids is 2. The molecule has 148 valence electrons. The lowest BCUT2D eigenvalue weighted by atomic mass is 9.86. The highest BCUT2D eigenvalue weighted by Crippen LogP contribution is 2.41. The summed E-state index contributed by atoms with van der Waals surface area (Å²) in [4.78, 5) is 37.1. The van der Waals surface area contributed by atoms with Crippen molar-refractivity contribution in [2.24, 2.45) is 0 Å². The Kier molecular flexibility index (Phi) is 5.19. The molecule has 2 unspecified atom stereocenters. The van der Waals surface area contributed by atoms with Gasteiger partial charge in [0.25, 0.3) is 0 Å². The van der Waals surface area contributed by atoms with Gasteiger partial charge in [0.05, 0.1) is 24.7 Å². The van der Waals surface area contributed by atoms with Crippen LogP contribution in [0.5, 0.6) is 0 Å². The molecule has 1 aromatic heterocycles. The van der Waals surface area contributed by atoms with E-state index in [-0.39, 0.29) is 24.5 Å². The van der Waals surface area contributed by atoms with Crippen LogP contribution in [0, 0.1) is 0 Å². The summed E-state index contributed by atoms with van der Waals surface area (Å²) < 4.78 is 11.1. The molecule has 0 aliphatic carbocycles. The fraction of sp³-hybridized carbons (Fsp3) is 0.737. The standard InChI is InChI=1S/C19H28N4O4/c1-2-3-16(24)22-8-6-19(12-22)18-15(20-13-21-18)4-7-23(19)17(25)11-27-14-5-9-26-10-14/h13-14H,2-12H2,1H3,(H,20,21).